The summed E-state index contributed by atoms with van der Waals surface area (Å²) in [6, 6.07) is 6.04. The van der Waals surface area contributed by atoms with E-state index in [1.807, 2.05) is 12.1 Å². The monoisotopic (exact) mass is 279 g/mol. The summed E-state index contributed by atoms with van der Waals surface area (Å²) in [4.78, 5) is 2.28. The largest absolute Gasteiger partial charge is 0.486 e. The number of nitrogens with zero attached hydrogens (tertiary/aromatic N) is 1. The number of rotatable bonds is 2. The van der Waals surface area contributed by atoms with Crippen molar-refractivity contribution in [3.63, 3.8) is 0 Å². The van der Waals surface area contributed by atoms with E-state index < -0.39 is 0 Å². The molecule has 1 heterocycles. The van der Waals surface area contributed by atoms with E-state index in [9.17, 15) is 0 Å². The third kappa shape index (κ3) is 2.36. The average Bonchev–Trinajstić information content (AvgIpc) is 2.73. The number of hydrogen-bond acceptors (Lipinski definition) is 2. The molecule has 0 bridgehead atoms. The Kier molecular flexibility index (Phi) is 3.48. The van der Waals surface area contributed by atoms with Crippen molar-refractivity contribution in [2.24, 2.45) is 5.92 Å². The van der Waals surface area contributed by atoms with E-state index in [0.717, 1.165) is 30.2 Å². The molecule has 0 unspecified atom stereocenters. The minimum atomic E-state index is -0.00412. The van der Waals surface area contributed by atoms with Gasteiger partial charge in [0.2, 0.25) is 0 Å². The Labute approximate surface area is 120 Å². The SMILES string of the molecule is CN(C)C[C@H]1CCCC[C@]12Cc1c(Cl)cccc1O2. The van der Waals surface area contributed by atoms with Gasteiger partial charge in [0.25, 0.3) is 0 Å². The number of benzene rings is 1. The Morgan fingerprint density at radius 3 is 2.95 bits per heavy atom. The zero-order valence-corrected chi connectivity index (χ0v) is 12.5. The third-order valence-electron chi connectivity index (χ3n) is 4.60. The fourth-order valence-corrected chi connectivity index (χ4v) is 3.94. The second-order valence-corrected chi connectivity index (χ2v) is 6.67. The van der Waals surface area contributed by atoms with Crippen molar-refractivity contribution in [1.82, 2.24) is 4.90 Å². The van der Waals surface area contributed by atoms with E-state index in [2.05, 4.69) is 25.1 Å². The van der Waals surface area contributed by atoms with E-state index in [1.165, 1.54) is 24.8 Å². The molecule has 1 aliphatic carbocycles. The molecule has 2 nitrogen and oxygen atoms in total. The van der Waals surface area contributed by atoms with E-state index in [1.54, 1.807) is 0 Å². The van der Waals surface area contributed by atoms with Gasteiger partial charge in [0.15, 0.2) is 0 Å². The molecule has 1 spiro atoms. The molecule has 1 fully saturated rings. The molecule has 104 valence electrons. The van der Waals surface area contributed by atoms with Gasteiger partial charge in [-0.1, -0.05) is 24.1 Å². The van der Waals surface area contributed by atoms with Crippen LogP contribution in [0.1, 0.15) is 31.2 Å². The summed E-state index contributed by atoms with van der Waals surface area (Å²) in [5.41, 5.74) is 1.21. The van der Waals surface area contributed by atoms with Gasteiger partial charge in [0.1, 0.15) is 11.4 Å². The van der Waals surface area contributed by atoms with Crippen LogP contribution in [-0.4, -0.2) is 31.1 Å². The lowest BCUT2D eigenvalue weighted by molar-refractivity contribution is -0.0149. The molecule has 1 saturated carbocycles. The van der Waals surface area contributed by atoms with Gasteiger partial charge in [-0.3, -0.25) is 0 Å². The molecular formula is C16H22ClNO. The molecule has 3 heteroatoms. The van der Waals surface area contributed by atoms with Crippen LogP contribution < -0.4 is 4.74 Å². The van der Waals surface area contributed by atoms with Gasteiger partial charge in [-0.15, -0.1) is 0 Å². The summed E-state index contributed by atoms with van der Waals surface area (Å²) in [5, 5.41) is 0.864. The fourth-order valence-electron chi connectivity index (χ4n) is 3.71. The standard InChI is InChI=1S/C16H22ClNO/c1-18(2)11-12-6-3-4-9-16(12)10-13-14(17)7-5-8-15(13)19-16/h5,7-8,12H,3-4,6,9-11H2,1-2H3/t12-,16+/m1/s1. The van der Waals surface area contributed by atoms with Crippen molar-refractivity contribution in [3.8, 4) is 5.75 Å². The molecule has 0 amide bonds. The predicted molar refractivity (Wildman–Crippen MR) is 79.0 cm³/mol. The molecule has 2 aliphatic rings. The lowest BCUT2D eigenvalue weighted by Crippen LogP contribution is -2.48. The summed E-state index contributed by atoms with van der Waals surface area (Å²) in [5.74, 6) is 1.62. The van der Waals surface area contributed by atoms with Crippen LogP contribution in [-0.2, 0) is 6.42 Å². The first-order valence-electron chi connectivity index (χ1n) is 7.22. The Bertz CT molecular complexity index is 474. The van der Waals surface area contributed by atoms with Crippen LogP contribution in [0.3, 0.4) is 0 Å². The number of ether oxygens (including phenoxy) is 1. The van der Waals surface area contributed by atoms with Crippen LogP contribution >= 0.6 is 11.6 Å². The van der Waals surface area contributed by atoms with Crippen molar-refractivity contribution in [2.75, 3.05) is 20.6 Å². The second-order valence-electron chi connectivity index (χ2n) is 6.27. The Hall–Kier alpha value is -0.730. The maximum absolute atomic E-state index is 6.42. The predicted octanol–water partition coefficient (Wildman–Crippen LogP) is 3.77. The molecule has 19 heavy (non-hydrogen) atoms. The summed E-state index contributed by atoms with van der Waals surface area (Å²) < 4.78 is 6.42. The van der Waals surface area contributed by atoms with E-state index >= 15 is 0 Å². The van der Waals surface area contributed by atoms with E-state index in [-0.39, 0.29) is 5.60 Å². The quantitative estimate of drug-likeness (QED) is 0.817. The van der Waals surface area contributed by atoms with Crippen molar-refractivity contribution < 1.29 is 4.74 Å². The lowest BCUT2D eigenvalue weighted by Gasteiger charge is -2.41. The minimum Gasteiger partial charge on any atom is -0.486 e. The second kappa shape index (κ2) is 4.99. The van der Waals surface area contributed by atoms with Crippen LogP contribution in [0.2, 0.25) is 5.02 Å². The highest BCUT2D eigenvalue weighted by Crippen LogP contribution is 2.48. The zero-order valence-electron chi connectivity index (χ0n) is 11.8. The molecule has 2 atom stereocenters. The summed E-state index contributed by atoms with van der Waals surface area (Å²) in [6.45, 7) is 1.10. The van der Waals surface area contributed by atoms with Gasteiger partial charge in [-0.05, 0) is 45.5 Å². The smallest absolute Gasteiger partial charge is 0.125 e. The first-order valence-corrected chi connectivity index (χ1v) is 7.60. The van der Waals surface area contributed by atoms with Crippen molar-refractivity contribution >= 4 is 11.6 Å². The van der Waals surface area contributed by atoms with Crippen molar-refractivity contribution in [1.29, 1.82) is 0 Å². The molecule has 0 aromatic heterocycles. The molecule has 0 saturated heterocycles. The molecule has 0 N–H and O–H groups in total. The first-order chi connectivity index (χ1) is 9.11. The first kappa shape index (κ1) is 13.3. The van der Waals surface area contributed by atoms with Gasteiger partial charge in [-0.25, -0.2) is 0 Å². The van der Waals surface area contributed by atoms with Crippen LogP contribution in [0.4, 0.5) is 0 Å². The van der Waals surface area contributed by atoms with Crippen LogP contribution in [0.15, 0.2) is 18.2 Å². The molecule has 1 aromatic rings. The lowest BCUT2D eigenvalue weighted by atomic mass is 9.73. The highest BCUT2D eigenvalue weighted by molar-refractivity contribution is 6.31. The highest BCUT2D eigenvalue weighted by atomic mass is 35.5. The zero-order chi connectivity index (χ0) is 13.5. The normalized spacial score (nSPS) is 29.6. The topological polar surface area (TPSA) is 12.5 Å². The van der Waals surface area contributed by atoms with Crippen molar-refractivity contribution in [3.05, 3.63) is 28.8 Å². The summed E-state index contributed by atoms with van der Waals surface area (Å²) in [6.07, 6.45) is 6.02. The van der Waals surface area contributed by atoms with Gasteiger partial charge in [-0.2, -0.15) is 0 Å². The van der Waals surface area contributed by atoms with E-state index in [0.29, 0.717) is 5.92 Å². The minimum absolute atomic E-state index is 0.00412. The van der Waals surface area contributed by atoms with Crippen molar-refractivity contribution in [2.45, 2.75) is 37.7 Å². The van der Waals surface area contributed by atoms with E-state index in [4.69, 9.17) is 16.3 Å². The van der Waals surface area contributed by atoms with Gasteiger partial charge in [0, 0.05) is 29.5 Å². The van der Waals surface area contributed by atoms with Crippen LogP contribution in [0.5, 0.6) is 5.75 Å². The Balaban J connectivity index is 1.89. The Morgan fingerprint density at radius 1 is 1.37 bits per heavy atom. The fraction of sp³-hybridized carbons (Fsp3) is 0.625. The maximum atomic E-state index is 6.42. The third-order valence-corrected chi connectivity index (χ3v) is 4.95. The maximum Gasteiger partial charge on any atom is 0.125 e. The van der Waals surface area contributed by atoms with Crippen LogP contribution in [0.25, 0.3) is 0 Å². The molecule has 1 aliphatic heterocycles. The van der Waals surface area contributed by atoms with Gasteiger partial charge < -0.3 is 9.64 Å². The molecule has 1 aromatic carbocycles. The number of fused-ring (bicyclic) bond motifs is 1. The van der Waals surface area contributed by atoms with Crippen LogP contribution in [0, 0.1) is 5.92 Å². The number of hydrogen-bond donors (Lipinski definition) is 0. The molecular weight excluding hydrogens is 258 g/mol. The molecule has 3 rings (SSSR count). The molecule has 0 radical (unpaired) electrons. The summed E-state index contributed by atoms with van der Waals surface area (Å²) >= 11 is 6.34. The average molecular weight is 280 g/mol. The van der Waals surface area contributed by atoms with Gasteiger partial charge >= 0.3 is 0 Å². The highest BCUT2D eigenvalue weighted by Gasteiger charge is 2.47. The number of halogens is 1. The Morgan fingerprint density at radius 2 is 2.21 bits per heavy atom. The summed E-state index contributed by atoms with van der Waals surface area (Å²) in [7, 11) is 4.30. The van der Waals surface area contributed by atoms with Gasteiger partial charge in [0.05, 0.1) is 0 Å².